The van der Waals surface area contributed by atoms with Crippen LogP contribution in [0.15, 0.2) is 47.2 Å². The van der Waals surface area contributed by atoms with Gasteiger partial charge in [0, 0.05) is 12.7 Å². The number of ketones is 1. The van der Waals surface area contributed by atoms with Crippen molar-refractivity contribution < 1.29 is 23.6 Å². The number of amides is 3. The molecule has 162 valence electrons. The van der Waals surface area contributed by atoms with Crippen LogP contribution < -0.4 is 5.32 Å². The number of nitrogens with zero attached hydrogens (tertiary/aromatic N) is 3. The number of Topliss-reactive ketones (excluding diaryl/α,β-unsaturated/α-hetero) is 1. The molecule has 2 fully saturated rings. The predicted octanol–water partition coefficient (Wildman–Crippen LogP) is 1.27. The average Bonchev–Trinajstić information content (AvgIpc) is 3.52. The first-order valence-electron chi connectivity index (χ1n) is 10.4. The maximum absolute atomic E-state index is 13.3. The Hall–Kier alpha value is -3.49. The molecule has 3 amide bonds. The van der Waals surface area contributed by atoms with Gasteiger partial charge in [-0.05, 0) is 37.1 Å². The Morgan fingerprint density at radius 1 is 1.23 bits per heavy atom. The second-order valence-corrected chi connectivity index (χ2v) is 7.74. The van der Waals surface area contributed by atoms with E-state index in [1.807, 2.05) is 6.92 Å². The van der Waals surface area contributed by atoms with Crippen LogP contribution in [-0.2, 0) is 9.59 Å². The predicted molar refractivity (Wildman–Crippen MR) is 109 cm³/mol. The van der Waals surface area contributed by atoms with E-state index >= 15 is 0 Å². The summed E-state index contributed by atoms with van der Waals surface area (Å²) in [6, 6.07) is 6.33. The van der Waals surface area contributed by atoms with Crippen molar-refractivity contribution in [2.24, 2.45) is 0 Å². The van der Waals surface area contributed by atoms with Gasteiger partial charge in [0.25, 0.3) is 11.8 Å². The minimum atomic E-state index is -0.769. The first-order chi connectivity index (χ1) is 15.0. The highest BCUT2D eigenvalue weighted by atomic mass is 16.3. The fourth-order valence-corrected chi connectivity index (χ4v) is 4.36. The molecule has 4 heterocycles. The molecule has 4 rings (SSSR count). The molecule has 0 bridgehead atoms. The van der Waals surface area contributed by atoms with Crippen LogP contribution >= 0.6 is 0 Å². The van der Waals surface area contributed by atoms with E-state index in [0.717, 1.165) is 0 Å². The molecule has 2 aromatic heterocycles. The quantitative estimate of drug-likeness (QED) is 0.747. The number of carbonyl (C=O) groups excluding carboxylic acids is 4. The molecule has 3 unspecified atom stereocenters. The maximum Gasteiger partial charge on any atom is 0.287 e. The lowest BCUT2D eigenvalue weighted by Crippen LogP contribution is -2.52. The van der Waals surface area contributed by atoms with Crippen LogP contribution in [0.2, 0.25) is 0 Å². The highest BCUT2D eigenvalue weighted by Crippen LogP contribution is 2.31. The van der Waals surface area contributed by atoms with Crippen molar-refractivity contribution in [3.63, 3.8) is 0 Å². The van der Waals surface area contributed by atoms with Gasteiger partial charge in [-0.1, -0.05) is 19.4 Å². The van der Waals surface area contributed by atoms with Crippen molar-refractivity contribution in [3.05, 3.63) is 54.2 Å². The minimum absolute atomic E-state index is 0.0499. The Morgan fingerprint density at radius 3 is 2.74 bits per heavy atom. The second kappa shape index (κ2) is 8.71. The third-order valence-corrected chi connectivity index (χ3v) is 5.78. The first kappa shape index (κ1) is 20.8. The summed E-state index contributed by atoms with van der Waals surface area (Å²) in [6.45, 7) is 2.22. The van der Waals surface area contributed by atoms with Gasteiger partial charge in [0.05, 0.1) is 18.8 Å². The normalized spacial score (nSPS) is 21.1. The lowest BCUT2D eigenvalue weighted by atomic mass is 10.1. The van der Waals surface area contributed by atoms with Crippen molar-refractivity contribution >= 4 is 23.5 Å². The van der Waals surface area contributed by atoms with E-state index in [4.69, 9.17) is 4.42 Å². The molecule has 2 saturated heterocycles. The standard InChI is InChI=1S/C22H24N4O5/c1-2-6-15(24-20(28)18-8-5-12-31-18)22(30)25-11-9-16-19(25)17(27)13-26(16)21(29)14-7-3-4-10-23-14/h3-5,7-8,10,12,15-16,19H,2,6,9,11,13H2,1H3,(H,24,28). The van der Waals surface area contributed by atoms with E-state index < -0.39 is 18.0 Å². The third kappa shape index (κ3) is 3.95. The molecule has 0 aromatic carbocycles. The molecule has 9 heteroatoms. The van der Waals surface area contributed by atoms with Crippen LogP contribution in [0.4, 0.5) is 0 Å². The zero-order chi connectivity index (χ0) is 22.0. The summed E-state index contributed by atoms with van der Waals surface area (Å²) in [7, 11) is 0. The topological polar surface area (TPSA) is 113 Å². The van der Waals surface area contributed by atoms with Gasteiger partial charge in [-0.25, -0.2) is 0 Å². The molecule has 31 heavy (non-hydrogen) atoms. The van der Waals surface area contributed by atoms with E-state index in [2.05, 4.69) is 10.3 Å². The number of furan rings is 1. The summed E-state index contributed by atoms with van der Waals surface area (Å²) in [5.41, 5.74) is 0.273. The number of hydrogen-bond acceptors (Lipinski definition) is 6. The largest absolute Gasteiger partial charge is 0.459 e. The number of fused-ring (bicyclic) bond motifs is 1. The van der Waals surface area contributed by atoms with E-state index in [1.165, 1.54) is 28.3 Å². The maximum atomic E-state index is 13.3. The van der Waals surface area contributed by atoms with E-state index in [1.54, 1.807) is 24.3 Å². The smallest absolute Gasteiger partial charge is 0.287 e. The number of nitrogens with one attached hydrogen (secondary N) is 1. The zero-order valence-electron chi connectivity index (χ0n) is 17.2. The van der Waals surface area contributed by atoms with Crippen LogP contribution in [-0.4, -0.2) is 69.5 Å². The van der Waals surface area contributed by atoms with Crippen LogP contribution in [0.5, 0.6) is 0 Å². The molecular formula is C22H24N4O5. The molecule has 2 aromatic rings. The molecule has 0 spiro atoms. The summed E-state index contributed by atoms with van der Waals surface area (Å²) in [5.74, 6) is -1.15. The Bertz CT molecular complexity index is 975. The highest BCUT2D eigenvalue weighted by Gasteiger charge is 2.52. The van der Waals surface area contributed by atoms with Gasteiger partial charge >= 0.3 is 0 Å². The lowest BCUT2D eigenvalue weighted by molar-refractivity contribution is -0.138. The molecule has 0 radical (unpaired) electrons. The fourth-order valence-electron chi connectivity index (χ4n) is 4.36. The fraction of sp³-hybridized carbons (Fsp3) is 0.409. The summed E-state index contributed by atoms with van der Waals surface area (Å²) >= 11 is 0. The number of carbonyl (C=O) groups is 4. The number of hydrogen-bond donors (Lipinski definition) is 1. The summed E-state index contributed by atoms with van der Waals surface area (Å²) in [4.78, 5) is 58.5. The second-order valence-electron chi connectivity index (χ2n) is 7.74. The zero-order valence-corrected chi connectivity index (χ0v) is 17.2. The summed E-state index contributed by atoms with van der Waals surface area (Å²) in [5, 5.41) is 2.73. The summed E-state index contributed by atoms with van der Waals surface area (Å²) in [6.07, 6.45) is 4.54. The monoisotopic (exact) mass is 424 g/mol. The molecule has 2 aliphatic rings. The number of aromatic nitrogens is 1. The number of likely N-dealkylation sites (tertiary alicyclic amines) is 2. The highest BCUT2D eigenvalue weighted by molar-refractivity contribution is 6.02. The molecule has 9 nitrogen and oxygen atoms in total. The Labute approximate surface area is 179 Å². The summed E-state index contributed by atoms with van der Waals surface area (Å²) < 4.78 is 5.11. The van der Waals surface area contributed by atoms with Gasteiger partial charge in [-0.15, -0.1) is 0 Å². The van der Waals surface area contributed by atoms with Crippen molar-refractivity contribution in [3.8, 4) is 0 Å². The molecule has 1 N–H and O–H groups in total. The molecule has 3 atom stereocenters. The van der Waals surface area contributed by atoms with Crippen molar-refractivity contribution in [1.29, 1.82) is 0 Å². The van der Waals surface area contributed by atoms with Crippen molar-refractivity contribution in [2.75, 3.05) is 13.1 Å². The van der Waals surface area contributed by atoms with Gasteiger partial charge in [0.2, 0.25) is 5.91 Å². The average molecular weight is 424 g/mol. The van der Waals surface area contributed by atoms with Gasteiger partial charge in [-0.3, -0.25) is 24.2 Å². The first-order valence-corrected chi connectivity index (χ1v) is 10.4. The minimum Gasteiger partial charge on any atom is -0.459 e. The van der Waals surface area contributed by atoms with Crippen molar-refractivity contribution in [1.82, 2.24) is 20.1 Å². The molecule has 2 aliphatic heterocycles. The van der Waals surface area contributed by atoms with Crippen LogP contribution in [0.3, 0.4) is 0 Å². The van der Waals surface area contributed by atoms with Gasteiger partial charge in [-0.2, -0.15) is 0 Å². The Morgan fingerprint density at radius 2 is 2.06 bits per heavy atom. The molecular weight excluding hydrogens is 400 g/mol. The van der Waals surface area contributed by atoms with E-state index in [0.29, 0.717) is 25.8 Å². The Kier molecular flexibility index (Phi) is 5.83. The molecule has 0 aliphatic carbocycles. The SMILES string of the molecule is CCCC(NC(=O)c1ccco1)C(=O)N1CCC2C1C(=O)CN2C(=O)c1ccccn1. The molecule has 0 saturated carbocycles. The van der Waals surface area contributed by atoms with Gasteiger partial charge in [0.15, 0.2) is 11.5 Å². The number of rotatable bonds is 6. The van der Waals surface area contributed by atoms with E-state index in [-0.39, 0.29) is 41.6 Å². The van der Waals surface area contributed by atoms with E-state index in [9.17, 15) is 19.2 Å². The van der Waals surface area contributed by atoms with Crippen molar-refractivity contribution in [2.45, 2.75) is 44.3 Å². The van der Waals surface area contributed by atoms with Gasteiger partial charge in [0.1, 0.15) is 17.8 Å². The van der Waals surface area contributed by atoms with Crippen LogP contribution in [0, 0.1) is 0 Å². The third-order valence-electron chi connectivity index (χ3n) is 5.78. The van der Waals surface area contributed by atoms with Crippen LogP contribution in [0.25, 0.3) is 0 Å². The lowest BCUT2D eigenvalue weighted by Gasteiger charge is -2.28. The van der Waals surface area contributed by atoms with Gasteiger partial charge < -0.3 is 19.5 Å². The number of pyridine rings is 1. The van der Waals surface area contributed by atoms with Crippen LogP contribution in [0.1, 0.15) is 47.2 Å². The Balaban J connectivity index is 1.49.